The number of halogens is 1. The lowest BCUT2D eigenvalue weighted by Crippen LogP contribution is -2.33. The quantitative estimate of drug-likeness (QED) is 0.751. The maximum atomic E-state index is 12.9. The van der Waals surface area contributed by atoms with Gasteiger partial charge in [-0.05, 0) is 6.07 Å². The van der Waals surface area contributed by atoms with E-state index >= 15 is 0 Å². The molecule has 0 bridgehead atoms. The minimum atomic E-state index is -3.85. The minimum Gasteiger partial charge on any atom is -0.395 e. The maximum absolute atomic E-state index is 12.9. The Kier molecular flexibility index (Phi) is 4.73. The average molecular weight is 260 g/mol. The zero-order valence-electron chi connectivity index (χ0n) is 9.08. The van der Waals surface area contributed by atoms with Crippen molar-refractivity contribution in [1.82, 2.24) is 9.29 Å². The molecule has 5 nitrogen and oxygen atoms in total. The fourth-order valence-electron chi connectivity index (χ4n) is 1.25. The lowest BCUT2D eigenvalue weighted by Gasteiger charge is -2.19. The van der Waals surface area contributed by atoms with Gasteiger partial charge in [0.1, 0.15) is 10.7 Å². The zero-order valence-corrected chi connectivity index (χ0v) is 9.90. The summed E-state index contributed by atoms with van der Waals surface area (Å²) in [5.41, 5.74) is 0. The van der Waals surface area contributed by atoms with E-state index in [1.807, 2.05) is 0 Å². The molecule has 0 spiro atoms. The summed E-state index contributed by atoms with van der Waals surface area (Å²) in [6, 6.07) is 0.885. The third kappa shape index (κ3) is 3.32. The fraction of sp³-hybridized carbons (Fsp3) is 0.300. The highest BCUT2D eigenvalue weighted by atomic mass is 32.2. The lowest BCUT2D eigenvalue weighted by atomic mass is 10.5. The summed E-state index contributed by atoms with van der Waals surface area (Å²) in [5, 5.41) is 8.80. The standard InChI is InChI=1S/C10H13FN2O3S/c1-2-3-13(4-5-14)17(15,16)10-6-9(11)7-12-8-10/h2,6-8,14H,1,3-5H2. The molecule has 0 aliphatic rings. The number of aliphatic hydroxyl groups excluding tert-OH is 1. The van der Waals surface area contributed by atoms with Crippen molar-refractivity contribution in [3.8, 4) is 0 Å². The number of hydrogen-bond donors (Lipinski definition) is 1. The number of aliphatic hydroxyl groups is 1. The first kappa shape index (κ1) is 13.8. The first-order valence-electron chi connectivity index (χ1n) is 4.85. The van der Waals surface area contributed by atoms with Crippen LogP contribution in [0.1, 0.15) is 0 Å². The van der Waals surface area contributed by atoms with Crippen LogP contribution in [0.3, 0.4) is 0 Å². The Balaban J connectivity index is 3.11. The van der Waals surface area contributed by atoms with Gasteiger partial charge < -0.3 is 5.11 Å². The number of pyridine rings is 1. The van der Waals surface area contributed by atoms with Gasteiger partial charge in [-0.3, -0.25) is 4.98 Å². The smallest absolute Gasteiger partial charge is 0.245 e. The zero-order chi connectivity index (χ0) is 12.9. The second-order valence-electron chi connectivity index (χ2n) is 3.21. The van der Waals surface area contributed by atoms with Gasteiger partial charge in [0.05, 0.1) is 12.8 Å². The van der Waals surface area contributed by atoms with Crippen LogP contribution < -0.4 is 0 Å². The highest BCUT2D eigenvalue weighted by Crippen LogP contribution is 2.15. The van der Waals surface area contributed by atoms with Crippen LogP contribution >= 0.6 is 0 Å². The molecular formula is C10H13FN2O3S. The summed E-state index contributed by atoms with van der Waals surface area (Å²) in [4.78, 5) is 3.24. The van der Waals surface area contributed by atoms with Gasteiger partial charge in [-0.1, -0.05) is 6.08 Å². The predicted octanol–water partition coefficient (Wildman–Crippen LogP) is 0.390. The monoisotopic (exact) mass is 260 g/mol. The highest BCUT2D eigenvalue weighted by molar-refractivity contribution is 7.89. The molecule has 0 amide bonds. The average Bonchev–Trinajstić information content (AvgIpc) is 2.29. The van der Waals surface area contributed by atoms with Crippen molar-refractivity contribution in [3.05, 3.63) is 36.9 Å². The van der Waals surface area contributed by atoms with E-state index in [0.29, 0.717) is 0 Å². The van der Waals surface area contributed by atoms with Crippen molar-refractivity contribution in [2.24, 2.45) is 0 Å². The number of hydrogen-bond acceptors (Lipinski definition) is 4. The van der Waals surface area contributed by atoms with Crippen LogP contribution in [0.15, 0.2) is 36.0 Å². The molecule has 0 unspecified atom stereocenters. The van der Waals surface area contributed by atoms with Crippen LogP contribution in [0.2, 0.25) is 0 Å². The minimum absolute atomic E-state index is 0.0411. The molecule has 1 N–H and O–H groups in total. The van der Waals surface area contributed by atoms with Crippen molar-refractivity contribution in [3.63, 3.8) is 0 Å². The van der Waals surface area contributed by atoms with Crippen molar-refractivity contribution in [1.29, 1.82) is 0 Å². The Morgan fingerprint density at radius 3 is 2.76 bits per heavy atom. The van der Waals surface area contributed by atoms with Gasteiger partial charge in [-0.25, -0.2) is 12.8 Å². The first-order chi connectivity index (χ1) is 8.02. The van der Waals surface area contributed by atoms with E-state index in [-0.39, 0.29) is 24.6 Å². The topological polar surface area (TPSA) is 70.5 Å². The Morgan fingerprint density at radius 2 is 2.24 bits per heavy atom. The summed E-state index contributed by atoms with van der Waals surface area (Å²) in [7, 11) is -3.85. The summed E-state index contributed by atoms with van der Waals surface area (Å²) in [6.07, 6.45) is 3.37. The second kappa shape index (κ2) is 5.85. The van der Waals surface area contributed by atoms with Crippen LogP contribution in [0.25, 0.3) is 0 Å². The van der Waals surface area contributed by atoms with Crippen LogP contribution in [-0.4, -0.2) is 42.5 Å². The van der Waals surface area contributed by atoms with Crippen LogP contribution in [0.4, 0.5) is 4.39 Å². The molecule has 1 heterocycles. The Hall–Kier alpha value is -1.31. The Bertz CT molecular complexity index is 490. The predicted molar refractivity (Wildman–Crippen MR) is 60.2 cm³/mol. The van der Waals surface area contributed by atoms with Gasteiger partial charge in [0.15, 0.2) is 0 Å². The number of rotatable bonds is 6. The molecule has 1 rings (SSSR count). The molecule has 0 atom stereocenters. The Labute approximate surface area is 99.3 Å². The number of aromatic nitrogens is 1. The van der Waals surface area contributed by atoms with Crippen molar-refractivity contribution in [2.75, 3.05) is 19.7 Å². The summed E-state index contributed by atoms with van der Waals surface area (Å²) >= 11 is 0. The van der Waals surface area contributed by atoms with Crippen molar-refractivity contribution >= 4 is 10.0 Å². The van der Waals surface area contributed by atoms with E-state index in [2.05, 4.69) is 11.6 Å². The van der Waals surface area contributed by atoms with Crippen LogP contribution in [-0.2, 0) is 10.0 Å². The van der Waals surface area contributed by atoms with Crippen LogP contribution in [0, 0.1) is 5.82 Å². The molecule has 1 aromatic heterocycles. The number of sulfonamides is 1. The first-order valence-corrected chi connectivity index (χ1v) is 6.29. The van der Waals surface area contributed by atoms with Gasteiger partial charge in [-0.2, -0.15) is 4.31 Å². The molecule has 1 aromatic rings. The van der Waals surface area contributed by atoms with Gasteiger partial charge in [0, 0.05) is 19.3 Å². The summed E-state index contributed by atoms with van der Waals surface area (Å²) < 4.78 is 38.0. The summed E-state index contributed by atoms with van der Waals surface area (Å²) in [6.45, 7) is 3.07. The van der Waals surface area contributed by atoms with Gasteiger partial charge in [-0.15, -0.1) is 6.58 Å². The van der Waals surface area contributed by atoms with E-state index in [0.717, 1.165) is 22.8 Å². The normalized spacial score (nSPS) is 11.7. The summed E-state index contributed by atoms with van der Waals surface area (Å²) in [5.74, 6) is -0.728. The molecule has 94 valence electrons. The maximum Gasteiger partial charge on any atom is 0.245 e. The molecule has 0 saturated carbocycles. The molecule has 0 aromatic carbocycles. The SMILES string of the molecule is C=CCN(CCO)S(=O)(=O)c1cncc(F)c1. The van der Waals surface area contributed by atoms with E-state index in [9.17, 15) is 12.8 Å². The van der Waals surface area contributed by atoms with Crippen molar-refractivity contribution < 1.29 is 17.9 Å². The number of nitrogens with zero attached hydrogens (tertiary/aromatic N) is 2. The lowest BCUT2D eigenvalue weighted by molar-refractivity contribution is 0.260. The van der Waals surface area contributed by atoms with E-state index < -0.39 is 15.8 Å². The van der Waals surface area contributed by atoms with Crippen LogP contribution in [0.5, 0.6) is 0 Å². The van der Waals surface area contributed by atoms with Gasteiger partial charge >= 0.3 is 0 Å². The molecule has 7 heteroatoms. The van der Waals surface area contributed by atoms with E-state index in [1.165, 1.54) is 6.08 Å². The Morgan fingerprint density at radius 1 is 1.53 bits per heavy atom. The third-order valence-corrected chi connectivity index (χ3v) is 3.83. The largest absolute Gasteiger partial charge is 0.395 e. The molecular weight excluding hydrogens is 247 g/mol. The fourth-order valence-corrected chi connectivity index (χ4v) is 2.63. The van der Waals surface area contributed by atoms with Gasteiger partial charge in [0.25, 0.3) is 0 Å². The third-order valence-electron chi connectivity index (χ3n) is 2.00. The van der Waals surface area contributed by atoms with Crippen molar-refractivity contribution in [2.45, 2.75) is 4.90 Å². The molecule has 0 aliphatic heterocycles. The molecule has 0 fully saturated rings. The molecule has 17 heavy (non-hydrogen) atoms. The molecule has 0 radical (unpaired) electrons. The van der Waals surface area contributed by atoms with E-state index in [4.69, 9.17) is 5.11 Å². The highest BCUT2D eigenvalue weighted by Gasteiger charge is 2.23. The van der Waals surface area contributed by atoms with E-state index in [1.54, 1.807) is 0 Å². The molecule has 0 aliphatic carbocycles. The van der Waals surface area contributed by atoms with Gasteiger partial charge in [0.2, 0.25) is 10.0 Å². The second-order valence-corrected chi connectivity index (χ2v) is 5.15. The molecule has 0 saturated heterocycles.